The summed E-state index contributed by atoms with van der Waals surface area (Å²) in [6.45, 7) is 6.83. The van der Waals surface area contributed by atoms with E-state index < -0.39 is 0 Å². The summed E-state index contributed by atoms with van der Waals surface area (Å²) in [7, 11) is 0. The molecule has 1 atom stereocenters. The lowest BCUT2D eigenvalue weighted by Gasteiger charge is -2.07. The Balaban J connectivity index is 3.27. The fraction of sp³-hybridized carbons (Fsp3) is 0.857. The molecule has 1 unspecified atom stereocenters. The van der Waals surface area contributed by atoms with Gasteiger partial charge in [0.05, 0.1) is 0 Å². The van der Waals surface area contributed by atoms with Crippen molar-refractivity contribution in [2.45, 2.75) is 72.1 Å². The van der Waals surface area contributed by atoms with Crippen LogP contribution in [0.2, 0.25) is 0 Å². The molecule has 0 aliphatic carbocycles. The Morgan fingerprint density at radius 2 is 1.50 bits per heavy atom. The molecule has 0 bridgehead atoms. The highest BCUT2D eigenvalue weighted by molar-refractivity contribution is 4.98. The van der Waals surface area contributed by atoms with Crippen LogP contribution < -0.4 is 0 Å². The lowest BCUT2D eigenvalue weighted by Crippen LogP contribution is -1.93. The van der Waals surface area contributed by atoms with Crippen molar-refractivity contribution in [3.63, 3.8) is 0 Å². The van der Waals surface area contributed by atoms with E-state index in [0.717, 1.165) is 18.8 Å². The topological polar surface area (TPSA) is 0 Å². The maximum Gasteiger partial charge on any atom is 0.00912 e. The summed E-state index contributed by atoms with van der Waals surface area (Å²) in [6.07, 6.45) is 10.1. The average molecular weight is 194 g/mol. The van der Waals surface area contributed by atoms with Crippen molar-refractivity contribution < 1.29 is 0 Å². The quantitative estimate of drug-likeness (QED) is 0.404. The molecular formula is C14H26. The lowest BCUT2D eigenvalue weighted by molar-refractivity contribution is 0.478. The van der Waals surface area contributed by atoms with Crippen LogP contribution in [-0.2, 0) is 0 Å². The van der Waals surface area contributed by atoms with Crippen LogP contribution in [0.25, 0.3) is 0 Å². The fourth-order valence-corrected chi connectivity index (χ4v) is 1.46. The molecule has 82 valence electrons. The van der Waals surface area contributed by atoms with Crippen molar-refractivity contribution in [2.24, 2.45) is 5.92 Å². The molecule has 14 heavy (non-hydrogen) atoms. The second-order valence-corrected chi connectivity index (χ2v) is 4.24. The van der Waals surface area contributed by atoms with E-state index in [0.29, 0.717) is 0 Å². The molecule has 0 aliphatic rings. The predicted octanol–water partition coefficient (Wildman–Crippen LogP) is 4.79. The van der Waals surface area contributed by atoms with E-state index in [1.165, 1.54) is 38.5 Å². The van der Waals surface area contributed by atoms with Crippen LogP contribution in [0.15, 0.2) is 0 Å². The van der Waals surface area contributed by atoms with E-state index >= 15 is 0 Å². The third-order valence-corrected chi connectivity index (χ3v) is 2.59. The van der Waals surface area contributed by atoms with Gasteiger partial charge in [0.25, 0.3) is 0 Å². The van der Waals surface area contributed by atoms with Crippen LogP contribution in [0.4, 0.5) is 0 Å². The Morgan fingerprint density at radius 3 is 2.14 bits per heavy atom. The monoisotopic (exact) mass is 194 g/mol. The maximum absolute atomic E-state index is 3.28. The second kappa shape index (κ2) is 10.6. The molecule has 0 heterocycles. The summed E-state index contributed by atoms with van der Waals surface area (Å²) in [4.78, 5) is 0. The minimum Gasteiger partial charge on any atom is -0.103 e. The molecule has 0 aromatic heterocycles. The minimum atomic E-state index is 0.871. The number of rotatable bonds is 7. The van der Waals surface area contributed by atoms with Crippen molar-refractivity contribution >= 4 is 0 Å². The average Bonchev–Trinajstić information content (AvgIpc) is 2.20. The van der Waals surface area contributed by atoms with Gasteiger partial charge in [0, 0.05) is 12.8 Å². The molecule has 0 saturated carbocycles. The zero-order valence-electron chi connectivity index (χ0n) is 10.2. The molecule has 0 nitrogen and oxygen atoms in total. The molecule has 0 N–H and O–H groups in total. The van der Waals surface area contributed by atoms with E-state index in [1.54, 1.807) is 0 Å². The predicted molar refractivity (Wildman–Crippen MR) is 65.2 cm³/mol. The first-order chi connectivity index (χ1) is 6.81. The lowest BCUT2D eigenvalue weighted by atomic mass is 9.99. The molecule has 0 spiro atoms. The van der Waals surface area contributed by atoms with Crippen LogP contribution in [0.1, 0.15) is 72.1 Å². The number of unbranched alkanes of at least 4 members (excludes halogenated alkanes) is 3. The van der Waals surface area contributed by atoms with Gasteiger partial charge in [-0.1, -0.05) is 46.5 Å². The van der Waals surface area contributed by atoms with Gasteiger partial charge in [0.1, 0.15) is 0 Å². The molecule has 0 amide bonds. The van der Waals surface area contributed by atoms with Gasteiger partial charge in [-0.05, 0) is 18.8 Å². The van der Waals surface area contributed by atoms with Gasteiger partial charge in [0.2, 0.25) is 0 Å². The van der Waals surface area contributed by atoms with E-state index in [4.69, 9.17) is 0 Å². The van der Waals surface area contributed by atoms with E-state index in [2.05, 4.69) is 32.6 Å². The van der Waals surface area contributed by atoms with Gasteiger partial charge in [-0.15, -0.1) is 11.8 Å². The van der Waals surface area contributed by atoms with Crippen LogP contribution in [0.5, 0.6) is 0 Å². The van der Waals surface area contributed by atoms with Crippen LogP contribution in [-0.4, -0.2) is 0 Å². The van der Waals surface area contributed by atoms with Gasteiger partial charge < -0.3 is 0 Å². The van der Waals surface area contributed by atoms with Crippen LogP contribution in [0.3, 0.4) is 0 Å². The number of hydrogen-bond acceptors (Lipinski definition) is 0. The van der Waals surface area contributed by atoms with E-state index in [1.807, 2.05) is 0 Å². The molecule has 0 rings (SSSR count). The van der Waals surface area contributed by atoms with Crippen molar-refractivity contribution in [2.75, 3.05) is 0 Å². The first kappa shape index (κ1) is 13.6. The van der Waals surface area contributed by atoms with Crippen molar-refractivity contribution in [3.8, 4) is 11.8 Å². The van der Waals surface area contributed by atoms with Gasteiger partial charge in [-0.3, -0.25) is 0 Å². The normalized spacial score (nSPS) is 11.9. The minimum absolute atomic E-state index is 0.871. The number of hydrogen-bond donors (Lipinski definition) is 0. The van der Waals surface area contributed by atoms with Crippen molar-refractivity contribution in [1.82, 2.24) is 0 Å². The summed E-state index contributed by atoms with van der Waals surface area (Å²) >= 11 is 0. The Bertz CT molecular complexity index is 159. The standard InChI is InChI=1S/C14H26/c1-4-6-8-9-10-11-13-14(3)12-7-5-2/h14H,4-8,11-13H2,1-3H3. The maximum atomic E-state index is 3.28. The Kier molecular flexibility index (Phi) is 10.3. The SMILES string of the molecule is CCCCC#CCCC(C)CCCC. The summed E-state index contributed by atoms with van der Waals surface area (Å²) in [6, 6.07) is 0. The molecule has 0 heteroatoms. The first-order valence-electron chi connectivity index (χ1n) is 6.27. The Labute approximate surface area is 90.5 Å². The first-order valence-corrected chi connectivity index (χ1v) is 6.27. The van der Waals surface area contributed by atoms with Crippen molar-refractivity contribution in [3.05, 3.63) is 0 Å². The molecule has 0 radical (unpaired) electrons. The summed E-state index contributed by atoms with van der Waals surface area (Å²) < 4.78 is 0. The third-order valence-electron chi connectivity index (χ3n) is 2.59. The Hall–Kier alpha value is -0.440. The summed E-state index contributed by atoms with van der Waals surface area (Å²) in [5.74, 6) is 7.40. The molecular weight excluding hydrogens is 168 g/mol. The molecule has 0 fully saturated rings. The largest absolute Gasteiger partial charge is 0.103 e. The van der Waals surface area contributed by atoms with Gasteiger partial charge >= 0.3 is 0 Å². The molecule has 0 aromatic carbocycles. The van der Waals surface area contributed by atoms with Gasteiger partial charge in [-0.2, -0.15) is 0 Å². The summed E-state index contributed by atoms with van der Waals surface area (Å²) in [5.41, 5.74) is 0. The smallest absolute Gasteiger partial charge is 0.00912 e. The zero-order chi connectivity index (χ0) is 10.6. The van der Waals surface area contributed by atoms with E-state index in [-0.39, 0.29) is 0 Å². The van der Waals surface area contributed by atoms with E-state index in [9.17, 15) is 0 Å². The fourth-order valence-electron chi connectivity index (χ4n) is 1.46. The highest BCUT2D eigenvalue weighted by Crippen LogP contribution is 2.13. The third kappa shape index (κ3) is 9.65. The van der Waals surface area contributed by atoms with Crippen LogP contribution in [0, 0.1) is 17.8 Å². The highest BCUT2D eigenvalue weighted by atomic mass is 14.0. The van der Waals surface area contributed by atoms with Gasteiger partial charge in [0.15, 0.2) is 0 Å². The molecule has 0 aromatic rings. The van der Waals surface area contributed by atoms with Crippen molar-refractivity contribution in [1.29, 1.82) is 0 Å². The molecule has 0 aliphatic heterocycles. The Morgan fingerprint density at radius 1 is 0.857 bits per heavy atom. The summed E-state index contributed by atoms with van der Waals surface area (Å²) in [5, 5.41) is 0. The van der Waals surface area contributed by atoms with Gasteiger partial charge in [-0.25, -0.2) is 0 Å². The second-order valence-electron chi connectivity index (χ2n) is 4.24. The highest BCUT2D eigenvalue weighted by Gasteiger charge is 1.98. The van der Waals surface area contributed by atoms with Crippen LogP contribution >= 0.6 is 0 Å². The molecule has 0 saturated heterocycles. The zero-order valence-corrected chi connectivity index (χ0v) is 10.2.